The number of amides is 1. The van der Waals surface area contributed by atoms with Crippen LogP contribution in [0.5, 0.6) is 0 Å². The molecule has 0 radical (unpaired) electrons. The molecule has 0 aliphatic carbocycles. The topological polar surface area (TPSA) is 71.5 Å². The Labute approximate surface area is 176 Å². The molecule has 0 unspecified atom stereocenters. The van der Waals surface area contributed by atoms with Crippen LogP contribution in [0.2, 0.25) is 0 Å². The number of benzene rings is 1. The SMILES string of the molecule is CCOC(=O)c1ccc(NC(=O)c2ccc(N3CCSc4ncccc43)s2)cc1. The molecule has 1 aliphatic rings. The van der Waals surface area contributed by atoms with Crippen LogP contribution in [0.15, 0.2) is 59.8 Å². The number of anilines is 3. The molecule has 8 heteroatoms. The van der Waals surface area contributed by atoms with E-state index in [0.717, 1.165) is 28.0 Å². The summed E-state index contributed by atoms with van der Waals surface area (Å²) in [5.41, 5.74) is 2.16. The number of carbonyl (C=O) groups is 2. The Bertz CT molecular complexity index is 1030. The summed E-state index contributed by atoms with van der Waals surface area (Å²) in [5, 5.41) is 4.91. The molecular formula is C21H19N3O3S2. The molecule has 6 nitrogen and oxygen atoms in total. The predicted molar refractivity (Wildman–Crippen MR) is 117 cm³/mol. The van der Waals surface area contributed by atoms with Gasteiger partial charge in [0.15, 0.2) is 0 Å². The maximum Gasteiger partial charge on any atom is 0.338 e. The van der Waals surface area contributed by atoms with Gasteiger partial charge < -0.3 is 15.0 Å². The second kappa shape index (κ2) is 8.67. The third kappa shape index (κ3) is 4.28. The molecule has 1 aromatic carbocycles. The normalized spacial score (nSPS) is 12.9. The lowest BCUT2D eigenvalue weighted by Crippen LogP contribution is -2.23. The van der Waals surface area contributed by atoms with Crippen molar-refractivity contribution in [2.75, 3.05) is 29.1 Å². The molecule has 0 fully saturated rings. The lowest BCUT2D eigenvalue weighted by molar-refractivity contribution is 0.0526. The molecule has 0 spiro atoms. The maximum atomic E-state index is 12.6. The first-order valence-electron chi connectivity index (χ1n) is 9.19. The quantitative estimate of drug-likeness (QED) is 0.591. The molecule has 0 atom stereocenters. The van der Waals surface area contributed by atoms with E-state index >= 15 is 0 Å². The highest BCUT2D eigenvalue weighted by atomic mass is 32.2. The van der Waals surface area contributed by atoms with Crippen LogP contribution in [0.3, 0.4) is 0 Å². The lowest BCUT2D eigenvalue weighted by atomic mass is 10.2. The van der Waals surface area contributed by atoms with Crippen LogP contribution >= 0.6 is 23.1 Å². The summed E-state index contributed by atoms with van der Waals surface area (Å²) in [4.78, 5) is 31.6. The summed E-state index contributed by atoms with van der Waals surface area (Å²) >= 11 is 3.20. The molecule has 148 valence electrons. The van der Waals surface area contributed by atoms with Gasteiger partial charge in [-0.05, 0) is 55.5 Å². The fraction of sp³-hybridized carbons (Fsp3) is 0.190. The van der Waals surface area contributed by atoms with Crippen molar-refractivity contribution >= 4 is 51.4 Å². The van der Waals surface area contributed by atoms with Crippen LogP contribution in [-0.4, -0.2) is 35.8 Å². The molecule has 1 amide bonds. The second-order valence-corrected chi connectivity index (χ2v) is 8.36. The first kappa shape index (κ1) is 19.5. The number of carbonyl (C=O) groups excluding carboxylic acids is 2. The van der Waals surface area contributed by atoms with Crippen molar-refractivity contribution in [2.45, 2.75) is 11.9 Å². The highest BCUT2D eigenvalue weighted by Gasteiger charge is 2.22. The van der Waals surface area contributed by atoms with E-state index in [1.54, 1.807) is 49.1 Å². The zero-order valence-electron chi connectivity index (χ0n) is 15.8. The fourth-order valence-corrected chi connectivity index (χ4v) is 4.84. The third-order valence-electron chi connectivity index (χ3n) is 4.33. The Kier molecular flexibility index (Phi) is 5.82. The largest absolute Gasteiger partial charge is 0.462 e. The zero-order chi connectivity index (χ0) is 20.2. The van der Waals surface area contributed by atoms with Crippen molar-refractivity contribution in [1.82, 2.24) is 4.98 Å². The summed E-state index contributed by atoms with van der Waals surface area (Å²) in [6, 6.07) is 14.5. The van der Waals surface area contributed by atoms with Crippen molar-refractivity contribution in [3.63, 3.8) is 0 Å². The second-order valence-electron chi connectivity index (χ2n) is 6.22. The molecule has 2 aromatic heterocycles. The predicted octanol–water partition coefficient (Wildman–Crippen LogP) is 4.82. The number of nitrogens with one attached hydrogen (secondary N) is 1. The standard InChI is InChI=1S/C21H19N3O3S2/c1-2-27-21(26)14-5-7-15(8-6-14)23-19(25)17-9-10-18(29-17)24-12-13-28-20-16(24)4-3-11-22-20/h3-11H,2,12-13H2,1H3,(H,23,25). The van der Waals surface area contributed by atoms with Crippen LogP contribution in [0, 0.1) is 0 Å². The van der Waals surface area contributed by atoms with Crippen molar-refractivity contribution in [3.8, 4) is 0 Å². The summed E-state index contributed by atoms with van der Waals surface area (Å²) in [7, 11) is 0. The van der Waals surface area contributed by atoms with Gasteiger partial charge in [0, 0.05) is 24.2 Å². The fourth-order valence-electron chi connectivity index (χ4n) is 2.97. The van der Waals surface area contributed by atoms with Gasteiger partial charge in [-0.15, -0.1) is 23.1 Å². The van der Waals surface area contributed by atoms with Gasteiger partial charge in [-0.1, -0.05) is 0 Å². The minimum absolute atomic E-state index is 0.178. The highest BCUT2D eigenvalue weighted by Crippen LogP contribution is 2.40. The molecular weight excluding hydrogens is 406 g/mol. The van der Waals surface area contributed by atoms with E-state index in [9.17, 15) is 9.59 Å². The first-order valence-corrected chi connectivity index (χ1v) is 11.0. The Morgan fingerprint density at radius 2 is 2.00 bits per heavy atom. The van der Waals surface area contributed by atoms with E-state index in [2.05, 4.69) is 21.3 Å². The smallest absolute Gasteiger partial charge is 0.338 e. The number of esters is 1. The summed E-state index contributed by atoms with van der Waals surface area (Å²) in [6.45, 7) is 2.97. The van der Waals surface area contributed by atoms with Gasteiger partial charge in [-0.2, -0.15) is 0 Å². The minimum atomic E-state index is -0.372. The summed E-state index contributed by atoms with van der Waals surface area (Å²) < 4.78 is 4.97. The van der Waals surface area contributed by atoms with Crippen LogP contribution in [0.4, 0.5) is 16.4 Å². The number of rotatable bonds is 5. The Balaban J connectivity index is 1.46. The minimum Gasteiger partial charge on any atom is -0.462 e. The molecule has 0 bridgehead atoms. The number of nitrogens with zero attached hydrogens (tertiary/aromatic N) is 2. The number of thioether (sulfide) groups is 1. The Morgan fingerprint density at radius 1 is 1.17 bits per heavy atom. The van der Waals surface area contributed by atoms with E-state index in [-0.39, 0.29) is 11.9 Å². The molecule has 3 heterocycles. The average Bonchev–Trinajstić information content (AvgIpc) is 3.24. The van der Waals surface area contributed by atoms with Gasteiger partial charge in [-0.25, -0.2) is 9.78 Å². The van der Waals surface area contributed by atoms with Crippen molar-refractivity contribution in [3.05, 3.63) is 65.2 Å². The van der Waals surface area contributed by atoms with Crippen molar-refractivity contribution in [2.24, 2.45) is 0 Å². The van der Waals surface area contributed by atoms with Gasteiger partial charge >= 0.3 is 5.97 Å². The molecule has 29 heavy (non-hydrogen) atoms. The molecule has 1 aliphatic heterocycles. The monoisotopic (exact) mass is 425 g/mol. The summed E-state index contributed by atoms with van der Waals surface area (Å²) in [6.07, 6.45) is 1.80. The number of fused-ring (bicyclic) bond motifs is 1. The van der Waals surface area contributed by atoms with Crippen LogP contribution in [-0.2, 0) is 4.74 Å². The van der Waals surface area contributed by atoms with Gasteiger partial charge in [0.05, 0.1) is 27.7 Å². The van der Waals surface area contributed by atoms with Gasteiger partial charge in [-0.3, -0.25) is 4.79 Å². The van der Waals surface area contributed by atoms with E-state index in [1.165, 1.54) is 11.3 Å². The molecule has 0 saturated heterocycles. The van der Waals surface area contributed by atoms with Gasteiger partial charge in [0.25, 0.3) is 5.91 Å². The van der Waals surface area contributed by atoms with Gasteiger partial charge in [0.2, 0.25) is 0 Å². The Morgan fingerprint density at radius 3 is 2.79 bits per heavy atom. The molecule has 4 rings (SSSR count). The molecule has 0 saturated carbocycles. The number of hydrogen-bond acceptors (Lipinski definition) is 7. The maximum absolute atomic E-state index is 12.6. The van der Waals surface area contributed by atoms with Crippen LogP contribution in [0.1, 0.15) is 27.0 Å². The Hall–Kier alpha value is -2.84. The number of thiophene rings is 1. The number of ether oxygens (including phenoxy) is 1. The van der Waals surface area contributed by atoms with Gasteiger partial charge in [0.1, 0.15) is 5.03 Å². The van der Waals surface area contributed by atoms with E-state index in [4.69, 9.17) is 4.74 Å². The van der Waals surface area contributed by atoms with Crippen molar-refractivity contribution in [1.29, 1.82) is 0 Å². The highest BCUT2D eigenvalue weighted by molar-refractivity contribution is 7.99. The van der Waals surface area contributed by atoms with E-state index < -0.39 is 0 Å². The third-order valence-corrected chi connectivity index (χ3v) is 6.41. The van der Waals surface area contributed by atoms with E-state index in [0.29, 0.717) is 22.7 Å². The first-order chi connectivity index (χ1) is 14.2. The lowest BCUT2D eigenvalue weighted by Gasteiger charge is -2.28. The van der Waals surface area contributed by atoms with Crippen molar-refractivity contribution < 1.29 is 14.3 Å². The van der Waals surface area contributed by atoms with Crippen LogP contribution in [0.25, 0.3) is 0 Å². The molecule has 1 N–H and O–H groups in total. The number of aromatic nitrogens is 1. The molecule has 3 aromatic rings. The zero-order valence-corrected chi connectivity index (χ0v) is 17.4. The number of pyridine rings is 1. The van der Waals surface area contributed by atoms with Crippen LogP contribution < -0.4 is 10.2 Å². The number of hydrogen-bond donors (Lipinski definition) is 1. The average molecular weight is 426 g/mol. The van der Waals surface area contributed by atoms with E-state index in [1.807, 2.05) is 18.2 Å². The summed E-state index contributed by atoms with van der Waals surface area (Å²) in [5.74, 6) is 0.404.